The third-order valence-corrected chi connectivity index (χ3v) is 12.9. The Morgan fingerprint density at radius 2 is 1.65 bits per heavy atom. The molecule has 1 aromatic carbocycles. The minimum Gasteiger partial charge on any atom is -0.491 e. The Hall–Kier alpha value is -2.24. The molecule has 272 valence electrons. The fourth-order valence-corrected chi connectivity index (χ4v) is 10.2. The van der Waals surface area contributed by atoms with Gasteiger partial charge >= 0.3 is 0 Å². The summed E-state index contributed by atoms with van der Waals surface area (Å²) in [6.07, 6.45) is 6.23. The number of carbonyl (C=O) groups is 2. The first kappa shape index (κ1) is 38.6. The maximum atomic E-state index is 11.5. The Balaban J connectivity index is 0.000000239. The van der Waals surface area contributed by atoms with Crippen molar-refractivity contribution in [3.05, 3.63) is 29.8 Å². The first-order valence-corrected chi connectivity index (χ1v) is 18.3. The van der Waals surface area contributed by atoms with Crippen molar-refractivity contribution in [3.8, 4) is 5.75 Å². The van der Waals surface area contributed by atoms with E-state index in [-0.39, 0.29) is 59.9 Å². The summed E-state index contributed by atoms with van der Waals surface area (Å²) in [5, 5.41) is 45.8. The van der Waals surface area contributed by atoms with Crippen LogP contribution in [0.5, 0.6) is 5.75 Å². The molecule has 12 atom stereocenters. The zero-order valence-corrected chi connectivity index (χ0v) is 29.8. The zero-order valence-electron chi connectivity index (χ0n) is 29.8. The Morgan fingerprint density at radius 1 is 0.958 bits per heavy atom. The minimum atomic E-state index is -0.548. The molecule has 0 radical (unpaired) electrons. The topological polar surface area (TPSA) is 188 Å². The number of hydrogen-bond acceptors (Lipinski definition) is 8. The normalized spacial score (nSPS) is 36.9. The molecule has 4 saturated carbocycles. The van der Waals surface area contributed by atoms with E-state index in [1.807, 2.05) is 13.8 Å². The van der Waals surface area contributed by atoms with Crippen LogP contribution < -0.4 is 21.5 Å². The monoisotopic (exact) mass is 673 g/mol. The largest absolute Gasteiger partial charge is 0.491 e. The number of aliphatic hydroxyl groups excluding tert-OH is 4. The van der Waals surface area contributed by atoms with Crippen LogP contribution in [0.1, 0.15) is 98.0 Å². The van der Waals surface area contributed by atoms with Crippen LogP contribution in [0, 0.1) is 46.3 Å². The number of amides is 2. The van der Waals surface area contributed by atoms with Crippen LogP contribution >= 0.6 is 0 Å². The molecule has 4 aliphatic rings. The van der Waals surface area contributed by atoms with Gasteiger partial charge in [-0.3, -0.25) is 9.59 Å². The zero-order chi connectivity index (χ0) is 35.4. The maximum absolute atomic E-state index is 11.5. The first-order valence-electron chi connectivity index (χ1n) is 18.3. The highest BCUT2D eigenvalue weighted by Gasteiger charge is 2.65. The molecular weight excluding hydrogens is 610 g/mol. The minimum absolute atomic E-state index is 0.112. The Morgan fingerprint density at radius 3 is 2.27 bits per heavy atom. The molecule has 0 spiro atoms. The number of hydrogen-bond donors (Lipinski definition) is 7. The molecule has 0 aliphatic heterocycles. The number of rotatable bonds is 12. The summed E-state index contributed by atoms with van der Waals surface area (Å²) in [7, 11) is 0. The van der Waals surface area contributed by atoms with Crippen LogP contribution in [0.2, 0.25) is 0 Å². The number of primary amides is 2. The van der Waals surface area contributed by atoms with Gasteiger partial charge in [-0.1, -0.05) is 46.8 Å². The second-order valence-corrected chi connectivity index (χ2v) is 16.3. The van der Waals surface area contributed by atoms with Crippen molar-refractivity contribution >= 4 is 11.8 Å². The van der Waals surface area contributed by atoms with Gasteiger partial charge in [0, 0.05) is 19.0 Å². The maximum Gasteiger partial charge on any atom is 0.221 e. The third kappa shape index (κ3) is 8.73. The molecule has 10 nitrogen and oxygen atoms in total. The van der Waals surface area contributed by atoms with Crippen molar-refractivity contribution in [2.24, 2.45) is 57.8 Å². The van der Waals surface area contributed by atoms with Gasteiger partial charge in [0.25, 0.3) is 0 Å². The van der Waals surface area contributed by atoms with Crippen LogP contribution in [0.4, 0.5) is 0 Å². The molecule has 4 aliphatic carbocycles. The van der Waals surface area contributed by atoms with E-state index in [2.05, 4.69) is 26.1 Å². The van der Waals surface area contributed by atoms with Crippen molar-refractivity contribution in [3.63, 3.8) is 0 Å². The molecule has 0 saturated heterocycles. The molecule has 10 heteroatoms. The molecule has 0 bridgehead atoms. The molecule has 1 aromatic rings. The van der Waals surface area contributed by atoms with Crippen molar-refractivity contribution in [1.29, 1.82) is 0 Å². The van der Waals surface area contributed by atoms with Gasteiger partial charge in [-0.25, -0.2) is 0 Å². The number of nitrogens with two attached hydrogens (primary N) is 2. The molecule has 4 fully saturated rings. The second-order valence-electron chi connectivity index (χ2n) is 16.3. The average Bonchev–Trinajstić information content (AvgIpc) is 3.38. The summed E-state index contributed by atoms with van der Waals surface area (Å²) < 4.78 is 5.45. The highest BCUT2D eigenvalue weighted by molar-refractivity contribution is 5.76. The first-order chi connectivity index (χ1) is 22.6. The van der Waals surface area contributed by atoms with E-state index in [9.17, 15) is 30.0 Å². The Kier molecular flexibility index (Phi) is 13.0. The van der Waals surface area contributed by atoms with E-state index in [0.717, 1.165) is 56.9 Å². The summed E-state index contributed by atoms with van der Waals surface area (Å²) in [5.74, 6) is 2.03. The van der Waals surface area contributed by atoms with Gasteiger partial charge < -0.3 is 41.9 Å². The predicted octanol–water partition coefficient (Wildman–Crippen LogP) is 3.30. The number of aliphatic hydroxyl groups is 4. The van der Waals surface area contributed by atoms with E-state index in [4.69, 9.17) is 16.2 Å². The van der Waals surface area contributed by atoms with Gasteiger partial charge in [0.2, 0.25) is 11.8 Å². The van der Waals surface area contributed by atoms with Crippen LogP contribution in [0.15, 0.2) is 24.3 Å². The lowest BCUT2D eigenvalue weighted by Crippen LogP contribution is -2.62. The molecule has 0 aromatic heterocycles. The second kappa shape index (κ2) is 16.2. The number of carbonyl (C=O) groups excluding carboxylic acids is 2. The number of fused-ring (bicyclic) bond motifs is 5. The van der Waals surface area contributed by atoms with Crippen molar-refractivity contribution in [2.45, 2.75) is 129 Å². The van der Waals surface area contributed by atoms with Gasteiger partial charge in [0.05, 0.1) is 24.7 Å². The lowest BCUT2D eigenvalue weighted by Gasteiger charge is -2.63. The predicted molar refractivity (Wildman–Crippen MR) is 186 cm³/mol. The van der Waals surface area contributed by atoms with E-state index in [1.54, 1.807) is 24.3 Å². The average molecular weight is 674 g/mol. The summed E-state index contributed by atoms with van der Waals surface area (Å²) in [4.78, 5) is 22.0. The molecule has 2 amide bonds. The Bertz CT molecular complexity index is 1210. The quantitative estimate of drug-likeness (QED) is 0.176. The number of benzene rings is 1. The summed E-state index contributed by atoms with van der Waals surface area (Å²) in [6, 6.07) is 7.45. The summed E-state index contributed by atoms with van der Waals surface area (Å²) in [6.45, 7) is 11.6. The van der Waals surface area contributed by atoms with Crippen molar-refractivity contribution in [2.75, 3.05) is 13.2 Å². The smallest absolute Gasteiger partial charge is 0.221 e. The van der Waals surface area contributed by atoms with Crippen LogP contribution in [-0.4, -0.2) is 75.8 Å². The van der Waals surface area contributed by atoms with Gasteiger partial charge in [-0.2, -0.15) is 0 Å². The number of ether oxygens (including phenoxy) is 1. The lowest BCUT2D eigenvalue weighted by molar-refractivity contribution is -0.207. The summed E-state index contributed by atoms with van der Waals surface area (Å²) >= 11 is 0. The Labute approximate surface area is 287 Å². The molecule has 48 heavy (non-hydrogen) atoms. The fourth-order valence-electron chi connectivity index (χ4n) is 10.2. The van der Waals surface area contributed by atoms with E-state index in [1.165, 1.54) is 0 Å². The molecular formula is C38H63N3O7. The highest BCUT2D eigenvalue weighted by Crippen LogP contribution is 2.68. The van der Waals surface area contributed by atoms with Gasteiger partial charge in [-0.05, 0) is 115 Å². The van der Waals surface area contributed by atoms with Gasteiger partial charge in [0.1, 0.15) is 18.5 Å². The molecule has 0 heterocycles. The van der Waals surface area contributed by atoms with Crippen molar-refractivity contribution in [1.82, 2.24) is 5.32 Å². The molecule has 4 unspecified atom stereocenters. The SMILES string of the molecule is CC(C)NCC(O)COc1ccc(CC(N)=O)cc1.C[C@H](CCC(N)=O)[C@H]1CCC2C3C(C[C@H](O)[C@@]21C)[C@@]1(C)CC[C@@H](O)C[C@H]1C[C@H]3O. The van der Waals surface area contributed by atoms with Gasteiger partial charge in [0.15, 0.2) is 0 Å². The third-order valence-electron chi connectivity index (χ3n) is 12.9. The van der Waals surface area contributed by atoms with Gasteiger partial charge in [-0.15, -0.1) is 0 Å². The van der Waals surface area contributed by atoms with Crippen LogP contribution in [-0.2, 0) is 16.0 Å². The molecule has 9 N–H and O–H groups in total. The van der Waals surface area contributed by atoms with Crippen LogP contribution in [0.3, 0.4) is 0 Å². The molecule has 5 rings (SSSR count). The summed E-state index contributed by atoms with van der Waals surface area (Å²) in [5.41, 5.74) is 11.3. The van der Waals surface area contributed by atoms with Crippen LogP contribution in [0.25, 0.3) is 0 Å². The lowest BCUT2D eigenvalue weighted by atomic mass is 9.43. The van der Waals surface area contributed by atoms with Crippen molar-refractivity contribution < 1.29 is 34.8 Å². The van der Waals surface area contributed by atoms with E-state index in [0.29, 0.717) is 54.3 Å². The van der Waals surface area contributed by atoms with E-state index < -0.39 is 6.10 Å². The fraction of sp³-hybridized carbons (Fsp3) is 0.789. The highest BCUT2D eigenvalue weighted by atomic mass is 16.5. The standard InChI is InChI=1S/C24H41NO4.C14H22N2O3/c1-13(4-7-21(25)29)16-5-6-17-22-18(12-20(28)24(16,17)3)23(2)9-8-15(26)10-14(23)11-19(22)27;1-10(2)16-8-12(17)9-19-13-5-3-11(4-6-13)7-14(15)18/h13-20,22,26-28H,4-12H2,1-3H3,(H2,25,29);3-6,10,12,16-17H,7-9H2,1-2H3,(H2,15,18)/t13-,14+,15-,16-,17?,18?,19-,20+,22?,23+,24-;/m1./s1. The van der Waals surface area contributed by atoms with E-state index >= 15 is 0 Å². The number of nitrogens with one attached hydrogen (secondary N) is 1.